The summed E-state index contributed by atoms with van der Waals surface area (Å²) >= 11 is 3.46. The molecule has 2 aromatic rings. The molecule has 0 aliphatic rings. The molecule has 0 fully saturated rings. The van der Waals surface area contributed by atoms with Gasteiger partial charge >= 0.3 is 0 Å². The van der Waals surface area contributed by atoms with Gasteiger partial charge in [-0.15, -0.1) is 0 Å². The lowest BCUT2D eigenvalue weighted by molar-refractivity contribution is 0.650. The predicted molar refractivity (Wildman–Crippen MR) is 58.0 cm³/mol. The van der Waals surface area contributed by atoms with E-state index >= 15 is 0 Å². The fraction of sp³-hybridized carbons (Fsp3) is 0.200. The number of aryl methyl sites for hydroxylation is 1. The second-order valence-electron chi connectivity index (χ2n) is 3.06. The Morgan fingerprint density at radius 2 is 2.21 bits per heavy atom. The molecule has 14 heavy (non-hydrogen) atoms. The number of pyridine rings is 1. The first-order valence-corrected chi connectivity index (χ1v) is 5.14. The SMILES string of the molecule is Cc1ccnn1Cc1ncccc1Br. The molecule has 0 spiro atoms. The van der Waals surface area contributed by atoms with E-state index in [-0.39, 0.29) is 0 Å². The summed E-state index contributed by atoms with van der Waals surface area (Å²) in [5, 5.41) is 4.21. The first kappa shape index (κ1) is 9.40. The number of hydrogen-bond donors (Lipinski definition) is 0. The standard InChI is InChI=1S/C10H10BrN3/c1-8-4-6-13-14(8)7-10-9(11)3-2-5-12-10/h2-6H,7H2,1H3. The van der Waals surface area contributed by atoms with Crippen molar-refractivity contribution in [1.82, 2.24) is 14.8 Å². The van der Waals surface area contributed by atoms with Crippen LogP contribution in [0.1, 0.15) is 11.4 Å². The molecule has 72 valence electrons. The summed E-state index contributed by atoms with van der Waals surface area (Å²) in [7, 11) is 0. The van der Waals surface area contributed by atoms with Gasteiger partial charge in [0.05, 0.1) is 12.2 Å². The molecule has 3 nitrogen and oxygen atoms in total. The van der Waals surface area contributed by atoms with Crippen LogP contribution in [0.25, 0.3) is 0 Å². The summed E-state index contributed by atoms with van der Waals surface area (Å²) in [6.45, 7) is 2.74. The van der Waals surface area contributed by atoms with Crippen molar-refractivity contribution in [1.29, 1.82) is 0 Å². The van der Waals surface area contributed by atoms with E-state index in [1.165, 1.54) is 0 Å². The summed E-state index contributed by atoms with van der Waals surface area (Å²) in [5.74, 6) is 0. The second kappa shape index (κ2) is 3.92. The fourth-order valence-electron chi connectivity index (χ4n) is 1.24. The Kier molecular flexibility index (Phi) is 2.63. The highest BCUT2D eigenvalue weighted by Crippen LogP contribution is 2.14. The van der Waals surface area contributed by atoms with Crippen LogP contribution in [0.5, 0.6) is 0 Å². The van der Waals surface area contributed by atoms with E-state index in [2.05, 4.69) is 26.0 Å². The van der Waals surface area contributed by atoms with Crippen molar-refractivity contribution in [3.8, 4) is 0 Å². The van der Waals surface area contributed by atoms with Gasteiger partial charge in [0.15, 0.2) is 0 Å². The molecule has 0 saturated heterocycles. The quantitative estimate of drug-likeness (QED) is 0.821. The molecule has 2 heterocycles. The summed E-state index contributed by atoms with van der Waals surface area (Å²) < 4.78 is 2.95. The number of nitrogens with zero attached hydrogens (tertiary/aromatic N) is 3. The van der Waals surface area contributed by atoms with Crippen LogP contribution < -0.4 is 0 Å². The van der Waals surface area contributed by atoms with E-state index < -0.39 is 0 Å². The number of aromatic nitrogens is 3. The van der Waals surface area contributed by atoms with Gasteiger partial charge in [-0.1, -0.05) is 0 Å². The topological polar surface area (TPSA) is 30.7 Å². The van der Waals surface area contributed by atoms with Gasteiger partial charge < -0.3 is 0 Å². The van der Waals surface area contributed by atoms with Crippen LogP contribution in [-0.4, -0.2) is 14.8 Å². The maximum Gasteiger partial charge on any atom is 0.0845 e. The van der Waals surface area contributed by atoms with Crippen molar-refractivity contribution in [2.45, 2.75) is 13.5 Å². The zero-order valence-corrected chi connectivity index (χ0v) is 9.40. The molecular formula is C10H10BrN3. The Bertz CT molecular complexity index is 436. The number of rotatable bonds is 2. The predicted octanol–water partition coefficient (Wildman–Crippen LogP) is 2.40. The molecular weight excluding hydrogens is 242 g/mol. The average molecular weight is 252 g/mol. The van der Waals surface area contributed by atoms with Crippen molar-refractivity contribution in [3.63, 3.8) is 0 Å². The first-order valence-electron chi connectivity index (χ1n) is 4.35. The molecule has 0 N–H and O–H groups in total. The number of hydrogen-bond acceptors (Lipinski definition) is 2. The molecule has 0 bridgehead atoms. The van der Waals surface area contributed by atoms with Crippen LogP contribution in [0.3, 0.4) is 0 Å². The summed E-state index contributed by atoms with van der Waals surface area (Å²) in [6.07, 6.45) is 3.59. The normalized spacial score (nSPS) is 10.4. The molecule has 2 aromatic heterocycles. The average Bonchev–Trinajstić information content (AvgIpc) is 2.56. The highest BCUT2D eigenvalue weighted by Gasteiger charge is 2.03. The smallest absolute Gasteiger partial charge is 0.0845 e. The van der Waals surface area contributed by atoms with Crippen LogP contribution in [0, 0.1) is 6.92 Å². The van der Waals surface area contributed by atoms with Gasteiger partial charge in [-0.25, -0.2) is 0 Å². The fourth-order valence-corrected chi connectivity index (χ4v) is 1.62. The minimum Gasteiger partial charge on any atom is -0.264 e. The summed E-state index contributed by atoms with van der Waals surface area (Å²) in [4.78, 5) is 4.29. The number of halogens is 1. The Morgan fingerprint density at radius 1 is 1.36 bits per heavy atom. The Labute approximate surface area is 90.9 Å². The third-order valence-corrected chi connectivity index (χ3v) is 2.79. The minimum absolute atomic E-state index is 0.709. The molecule has 0 aliphatic heterocycles. The molecule has 2 rings (SSSR count). The van der Waals surface area contributed by atoms with Crippen molar-refractivity contribution in [2.24, 2.45) is 0 Å². The Balaban J connectivity index is 2.28. The van der Waals surface area contributed by atoms with Crippen LogP contribution in [0.2, 0.25) is 0 Å². The maximum atomic E-state index is 4.29. The molecule has 0 aromatic carbocycles. The van der Waals surface area contributed by atoms with E-state index in [1.54, 1.807) is 12.4 Å². The van der Waals surface area contributed by atoms with E-state index in [0.29, 0.717) is 6.54 Å². The van der Waals surface area contributed by atoms with Gasteiger partial charge in [0.2, 0.25) is 0 Å². The highest BCUT2D eigenvalue weighted by atomic mass is 79.9. The Hall–Kier alpha value is -1.16. The summed E-state index contributed by atoms with van der Waals surface area (Å²) in [6, 6.07) is 5.88. The van der Waals surface area contributed by atoms with E-state index in [0.717, 1.165) is 15.9 Å². The second-order valence-corrected chi connectivity index (χ2v) is 3.92. The van der Waals surface area contributed by atoms with Crippen molar-refractivity contribution >= 4 is 15.9 Å². The maximum absolute atomic E-state index is 4.29. The van der Waals surface area contributed by atoms with Crippen molar-refractivity contribution in [2.75, 3.05) is 0 Å². The van der Waals surface area contributed by atoms with Crippen molar-refractivity contribution in [3.05, 3.63) is 46.5 Å². The van der Waals surface area contributed by atoms with E-state index in [9.17, 15) is 0 Å². The molecule has 0 radical (unpaired) electrons. The van der Waals surface area contributed by atoms with E-state index in [4.69, 9.17) is 0 Å². The monoisotopic (exact) mass is 251 g/mol. The lowest BCUT2D eigenvalue weighted by Crippen LogP contribution is -2.05. The van der Waals surface area contributed by atoms with Gasteiger partial charge in [0, 0.05) is 22.6 Å². The van der Waals surface area contributed by atoms with Crippen molar-refractivity contribution < 1.29 is 0 Å². The molecule has 0 unspecified atom stereocenters. The zero-order valence-electron chi connectivity index (χ0n) is 7.81. The van der Waals surface area contributed by atoms with E-state index in [1.807, 2.05) is 29.8 Å². The third kappa shape index (κ3) is 1.85. The molecule has 0 aliphatic carbocycles. The molecule has 0 atom stereocenters. The van der Waals surface area contributed by atoms with Gasteiger partial charge in [-0.05, 0) is 41.1 Å². The molecule has 4 heteroatoms. The van der Waals surface area contributed by atoms with Crippen LogP contribution in [0.15, 0.2) is 35.1 Å². The van der Waals surface area contributed by atoms with Crippen LogP contribution in [0.4, 0.5) is 0 Å². The molecule has 0 amide bonds. The first-order chi connectivity index (χ1) is 6.77. The van der Waals surface area contributed by atoms with Crippen LogP contribution >= 0.6 is 15.9 Å². The lowest BCUT2D eigenvalue weighted by atomic mass is 10.3. The van der Waals surface area contributed by atoms with Gasteiger partial charge in [-0.3, -0.25) is 9.67 Å². The van der Waals surface area contributed by atoms with Gasteiger partial charge in [-0.2, -0.15) is 5.10 Å². The zero-order chi connectivity index (χ0) is 9.97. The van der Waals surface area contributed by atoms with Gasteiger partial charge in [0.1, 0.15) is 0 Å². The third-order valence-electron chi connectivity index (χ3n) is 2.06. The summed E-state index contributed by atoms with van der Waals surface area (Å²) in [5.41, 5.74) is 2.14. The largest absolute Gasteiger partial charge is 0.264 e. The lowest BCUT2D eigenvalue weighted by Gasteiger charge is -2.05. The Morgan fingerprint density at radius 3 is 2.86 bits per heavy atom. The molecule has 0 saturated carbocycles. The van der Waals surface area contributed by atoms with Gasteiger partial charge in [0.25, 0.3) is 0 Å². The minimum atomic E-state index is 0.709. The van der Waals surface area contributed by atoms with Crippen LogP contribution in [-0.2, 0) is 6.54 Å². The highest BCUT2D eigenvalue weighted by molar-refractivity contribution is 9.10.